The van der Waals surface area contributed by atoms with Gasteiger partial charge in [0, 0.05) is 19.1 Å². The van der Waals surface area contributed by atoms with Crippen LogP contribution in [0.3, 0.4) is 0 Å². The van der Waals surface area contributed by atoms with Crippen LogP contribution in [0.5, 0.6) is 0 Å². The van der Waals surface area contributed by atoms with E-state index in [0.29, 0.717) is 6.23 Å². The number of nitrogens with zero attached hydrogens (tertiary/aromatic N) is 1. The van der Waals surface area contributed by atoms with Gasteiger partial charge in [-0.05, 0) is 38.6 Å². The second kappa shape index (κ2) is 4.19. The molecule has 0 aromatic rings. The van der Waals surface area contributed by atoms with Gasteiger partial charge in [0.15, 0.2) is 0 Å². The lowest BCUT2D eigenvalue weighted by atomic mass is 9.69. The molecule has 2 aliphatic rings. The molecule has 1 aliphatic carbocycles. The molecule has 0 N–H and O–H groups in total. The summed E-state index contributed by atoms with van der Waals surface area (Å²) in [5.41, 5.74) is 0. The van der Waals surface area contributed by atoms with Crippen molar-refractivity contribution >= 4 is 0 Å². The van der Waals surface area contributed by atoms with Crippen molar-refractivity contribution in [3.8, 4) is 0 Å². The van der Waals surface area contributed by atoms with Gasteiger partial charge in [-0.15, -0.1) is 0 Å². The molecule has 14 heavy (non-hydrogen) atoms. The third-order valence-corrected chi connectivity index (χ3v) is 4.19. The Balaban J connectivity index is 2.08. The van der Waals surface area contributed by atoms with Crippen molar-refractivity contribution in [3.63, 3.8) is 0 Å². The molecular weight excluding hydrogens is 174 g/mol. The van der Waals surface area contributed by atoms with Gasteiger partial charge in [-0.1, -0.05) is 13.3 Å². The smallest absolute Gasteiger partial charge is 0.113 e. The minimum Gasteiger partial charge on any atom is -0.363 e. The Hall–Kier alpha value is -0.0800. The molecule has 1 saturated heterocycles. The second-order valence-corrected chi connectivity index (χ2v) is 5.00. The summed E-state index contributed by atoms with van der Waals surface area (Å²) >= 11 is 0. The van der Waals surface area contributed by atoms with Gasteiger partial charge < -0.3 is 4.74 Å². The van der Waals surface area contributed by atoms with Crippen molar-refractivity contribution in [2.24, 2.45) is 17.8 Å². The van der Waals surface area contributed by atoms with Crippen LogP contribution in [0.4, 0.5) is 0 Å². The molecule has 1 heterocycles. The van der Waals surface area contributed by atoms with E-state index in [1.165, 1.54) is 25.8 Å². The predicted octanol–water partition coefficient (Wildman–Crippen LogP) is 2.35. The first-order valence-corrected chi connectivity index (χ1v) is 6.06. The molecule has 0 aromatic heterocycles. The monoisotopic (exact) mass is 197 g/mol. The summed E-state index contributed by atoms with van der Waals surface area (Å²) in [6, 6.07) is 0. The van der Waals surface area contributed by atoms with E-state index in [4.69, 9.17) is 4.74 Å². The van der Waals surface area contributed by atoms with Crippen molar-refractivity contribution < 1.29 is 4.74 Å². The fourth-order valence-corrected chi connectivity index (χ4v) is 3.37. The summed E-state index contributed by atoms with van der Waals surface area (Å²) < 4.78 is 5.88. The van der Waals surface area contributed by atoms with E-state index in [9.17, 15) is 0 Å². The Labute approximate surface area is 87.6 Å². The zero-order valence-corrected chi connectivity index (χ0v) is 9.70. The maximum atomic E-state index is 5.88. The number of likely N-dealkylation sites (tertiary alicyclic amines) is 1. The third-order valence-electron chi connectivity index (χ3n) is 4.19. The molecule has 0 aromatic carbocycles. The van der Waals surface area contributed by atoms with Crippen LogP contribution in [0.15, 0.2) is 0 Å². The van der Waals surface area contributed by atoms with E-state index in [2.05, 4.69) is 25.8 Å². The highest BCUT2D eigenvalue weighted by molar-refractivity contribution is 4.90. The van der Waals surface area contributed by atoms with Crippen LogP contribution in [0.25, 0.3) is 0 Å². The Bertz CT molecular complexity index is 193. The fraction of sp³-hybridized carbons (Fsp3) is 1.00. The average Bonchev–Trinajstić information content (AvgIpc) is 2.15. The van der Waals surface area contributed by atoms with Gasteiger partial charge in [-0.25, -0.2) is 0 Å². The first kappa shape index (κ1) is 10.4. The summed E-state index contributed by atoms with van der Waals surface area (Å²) in [4.78, 5) is 2.43. The SMILES string of the molecule is CCOC1C2CCCC(CN1C)C2C. The van der Waals surface area contributed by atoms with Crippen molar-refractivity contribution in [2.45, 2.75) is 39.3 Å². The molecule has 0 amide bonds. The number of hydrogen-bond acceptors (Lipinski definition) is 2. The van der Waals surface area contributed by atoms with Crippen LogP contribution in [-0.4, -0.2) is 31.3 Å². The Morgan fingerprint density at radius 3 is 2.86 bits per heavy atom. The van der Waals surface area contributed by atoms with E-state index in [1.807, 2.05) is 0 Å². The van der Waals surface area contributed by atoms with E-state index in [-0.39, 0.29) is 0 Å². The average molecular weight is 197 g/mol. The maximum Gasteiger partial charge on any atom is 0.113 e. The molecule has 2 fully saturated rings. The van der Waals surface area contributed by atoms with Crippen molar-refractivity contribution in [1.29, 1.82) is 0 Å². The predicted molar refractivity (Wildman–Crippen MR) is 58.0 cm³/mol. The number of fused-ring (bicyclic) bond motifs is 2. The highest BCUT2D eigenvalue weighted by Crippen LogP contribution is 2.42. The largest absolute Gasteiger partial charge is 0.363 e. The first-order valence-electron chi connectivity index (χ1n) is 6.06. The third kappa shape index (κ3) is 1.70. The first-order chi connectivity index (χ1) is 6.74. The highest BCUT2D eigenvalue weighted by atomic mass is 16.5. The van der Waals surface area contributed by atoms with Crippen LogP contribution in [0, 0.1) is 17.8 Å². The maximum absolute atomic E-state index is 5.88. The Morgan fingerprint density at radius 1 is 1.36 bits per heavy atom. The molecule has 2 rings (SSSR count). The van der Waals surface area contributed by atoms with E-state index >= 15 is 0 Å². The number of rotatable bonds is 2. The molecule has 4 unspecified atom stereocenters. The molecule has 2 bridgehead atoms. The lowest BCUT2D eigenvalue weighted by Gasteiger charge is -2.49. The molecule has 2 heteroatoms. The molecule has 0 radical (unpaired) electrons. The molecule has 82 valence electrons. The Kier molecular flexibility index (Phi) is 3.13. The normalized spacial score (nSPS) is 43.9. The van der Waals surface area contributed by atoms with Gasteiger partial charge >= 0.3 is 0 Å². The van der Waals surface area contributed by atoms with Gasteiger partial charge in [-0.2, -0.15) is 0 Å². The van der Waals surface area contributed by atoms with Crippen LogP contribution in [0.1, 0.15) is 33.1 Å². The second-order valence-electron chi connectivity index (χ2n) is 5.00. The van der Waals surface area contributed by atoms with Gasteiger partial charge in [0.1, 0.15) is 6.23 Å². The number of hydrogen-bond donors (Lipinski definition) is 0. The molecular formula is C12H23NO. The van der Waals surface area contributed by atoms with Crippen molar-refractivity contribution in [3.05, 3.63) is 0 Å². The minimum absolute atomic E-state index is 0.395. The van der Waals surface area contributed by atoms with E-state index in [0.717, 1.165) is 24.4 Å². The molecule has 1 saturated carbocycles. The summed E-state index contributed by atoms with van der Waals surface area (Å²) in [7, 11) is 2.22. The number of ether oxygens (including phenoxy) is 1. The standard InChI is InChI=1S/C12H23NO/c1-4-14-12-11-7-5-6-10(9(11)2)8-13(12)3/h9-12H,4-8H2,1-3H3. The molecule has 1 aliphatic heterocycles. The Morgan fingerprint density at radius 2 is 2.14 bits per heavy atom. The zero-order chi connectivity index (χ0) is 10.1. The summed E-state index contributed by atoms with van der Waals surface area (Å²) in [5.74, 6) is 2.58. The zero-order valence-electron chi connectivity index (χ0n) is 9.70. The van der Waals surface area contributed by atoms with Crippen LogP contribution < -0.4 is 0 Å². The lowest BCUT2D eigenvalue weighted by molar-refractivity contribution is -0.147. The van der Waals surface area contributed by atoms with E-state index in [1.54, 1.807) is 0 Å². The molecule has 0 spiro atoms. The van der Waals surface area contributed by atoms with Crippen LogP contribution in [0.2, 0.25) is 0 Å². The van der Waals surface area contributed by atoms with Crippen molar-refractivity contribution in [1.82, 2.24) is 4.90 Å². The fourth-order valence-electron chi connectivity index (χ4n) is 3.37. The quantitative estimate of drug-likeness (QED) is 0.674. The van der Waals surface area contributed by atoms with Crippen LogP contribution >= 0.6 is 0 Å². The van der Waals surface area contributed by atoms with Crippen molar-refractivity contribution in [2.75, 3.05) is 20.2 Å². The molecule has 2 nitrogen and oxygen atoms in total. The topological polar surface area (TPSA) is 12.5 Å². The number of piperidine rings is 1. The lowest BCUT2D eigenvalue weighted by Crippen LogP contribution is -2.53. The molecule has 4 atom stereocenters. The van der Waals surface area contributed by atoms with E-state index < -0.39 is 0 Å². The summed E-state index contributed by atoms with van der Waals surface area (Å²) in [6.07, 6.45) is 4.61. The van der Waals surface area contributed by atoms with Crippen LogP contribution in [-0.2, 0) is 4.74 Å². The van der Waals surface area contributed by atoms with Gasteiger partial charge in [0.05, 0.1) is 0 Å². The summed E-state index contributed by atoms with van der Waals surface area (Å²) in [6.45, 7) is 6.62. The van der Waals surface area contributed by atoms with Gasteiger partial charge in [-0.3, -0.25) is 4.90 Å². The van der Waals surface area contributed by atoms with Gasteiger partial charge in [0.2, 0.25) is 0 Å². The summed E-state index contributed by atoms with van der Waals surface area (Å²) in [5, 5.41) is 0. The van der Waals surface area contributed by atoms with Gasteiger partial charge in [0.25, 0.3) is 0 Å². The highest BCUT2D eigenvalue weighted by Gasteiger charge is 2.42. The minimum atomic E-state index is 0.395.